The van der Waals surface area contributed by atoms with Crippen LogP contribution in [0.25, 0.3) is 0 Å². The van der Waals surface area contributed by atoms with Crippen LogP contribution in [-0.2, 0) is 25.5 Å². The van der Waals surface area contributed by atoms with Crippen molar-refractivity contribution in [1.29, 1.82) is 0 Å². The summed E-state index contributed by atoms with van der Waals surface area (Å²) < 4.78 is 33.4. The number of halogens is 2. The number of amides is 2. The Bertz CT molecular complexity index is 2050. The lowest BCUT2D eigenvalue weighted by Crippen LogP contribution is -2.55. The van der Waals surface area contributed by atoms with E-state index in [0.717, 1.165) is 17.5 Å². The highest BCUT2D eigenvalue weighted by molar-refractivity contribution is 6.03. The summed E-state index contributed by atoms with van der Waals surface area (Å²) in [5.74, 6) is -1.14. The number of anilines is 1. The molecule has 0 bridgehead atoms. The molecular weight excluding hydrogens is 791 g/mol. The molecule has 1 heterocycles. The summed E-state index contributed by atoms with van der Waals surface area (Å²) in [7, 11) is 0. The minimum Gasteiger partial charge on any atom is -0.461 e. The Morgan fingerprint density at radius 2 is 1.56 bits per heavy atom. The maximum atomic E-state index is 13.8. The fourth-order valence-electron chi connectivity index (χ4n) is 9.37. The summed E-state index contributed by atoms with van der Waals surface area (Å²) in [4.78, 5) is 41.1. The zero-order valence-electron chi connectivity index (χ0n) is 36.7. The van der Waals surface area contributed by atoms with Gasteiger partial charge in [0.05, 0.1) is 42.1 Å². The zero-order chi connectivity index (χ0) is 44.7. The van der Waals surface area contributed by atoms with Crippen molar-refractivity contribution < 1.29 is 43.2 Å². The monoisotopic (exact) mass is 854 g/mol. The molecule has 0 saturated carbocycles. The lowest BCUT2D eigenvalue weighted by Gasteiger charge is -2.48. The normalized spacial score (nSPS) is 24.9. The van der Waals surface area contributed by atoms with E-state index >= 15 is 0 Å². The van der Waals surface area contributed by atoms with Crippen LogP contribution in [0.2, 0.25) is 0 Å². The first-order chi connectivity index (χ1) is 29.5. The number of carbonyl (C=O) groups excluding carboxylic acids is 3. The third kappa shape index (κ3) is 11.5. The molecule has 1 aliphatic heterocycles. The molecule has 0 radical (unpaired) electrons. The van der Waals surface area contributed by atoms with Crippen LogP contribution in [0.15, 0.2) is 96.6 Å². The van der Waals surface area contributed by atoms with E-state index in [4.69, 9.17) is 4.74 Å². The fourth-order valence-corrected chi connectivity index (χ4v) is 9.37. The van der Waals surface area contributed by atoms with Crippen LogP contribution < -0.4 is 10.2 Å². The largest absolute Gasteiger partial charge is 0.461 e. The molecule has 4 N–H and O–H groups in total. The SMILES string of the molecule is CCC(C)(C)C(=O)OC1CC(C)C=C2C=CC(C)C(CCC(O)CC(O)CC(=O)NCCc3ccc(C4C(CCC(O)c5ccc(F)cc5)C(=O)N4c4ccc(F)cc4)cc3)C21. The van der Waals surface area contributed by atoms with Crippen LogP contribution in [0.1, 0.15) is 115 Å². The van der Waals surface area contributed by atoms with Gasteiger partial charge >= 0.3 is 5.97 Å². The number of allylic oxidation sites excluding steroid dienone is 3. The summed E-state index contributed by atoms with van der Waals surface area (Å²) in [5, 5.41) is 35.5. The molecule has 62 heavy (non-hydrogen) atoms. The minimum atomic E-state index is -1.01. The summed E-state index contributed by atoms with van der Waals surface area (Å²) in [6.07, 6.45) is 7.47. The van der Waals surface area contributed by atoms with Crippen molar-refractivity contribution in [3.8, 4) is 0 Å². The van der Waals surface area contributed by atoms with Gasteiger partial charge in [-0.3, -0.25) is 14.4 Å². The second-order valence-electron chi connectivity index (χ2n) is 18.5. The number of fused-ring (bicyclic) bond motifs is 1. The van der Waals surface area contributed by atoms with Crippen molar-refractivity contribution >= 4 is 23.5 Å². The van der Waals surface area contributed by atoms with E-state index < -0.39 is 41.3 Å². The van der Waals surface area contributed by atoms with Crippen LogP contribution in [0.5, 0.6) is 0 Å². The van der Waals surface area contributed by atoms with Crippen molar-refractivity contribution in [2.75, 3.05) is 11.4 Å². The number of nitrogens with one attached hydrogen (secondary N) is 1. The van der Waals surface area contributed by atoms with Gasteiger partial charge in [0.25, 0.3) is 0 Å². The first kappa shape index (κ1) is 46.8. The number of β-lactam (4-membered cyclic amide) rings is 1. The average molecular weight is 855 g/mol. The summed E-state index contributed by atoms with van der Waals surface area (Å²) in [6, 6.07) is 18.9. The highest BCUT2D eigenvalue weighted by Gasteiger charge is 2.48. The van der Waals surface area contributed by atoms with Gasteiger partial charge in [0.15, 0.2) is 0 Å². The second-order valence-corrected chi connectivity index (χ2v) is 18.5. The molecule has 6 rings (SSSR count). The number of nitrogens with zero attached hydrogens (tertiary/aromatic N) is 1. The topological polar surface area (TPSA) is 136 Å². The molecule has 2 amide bonds. The number of carbonyl (C=O) groups is 3. The molecule has 2 aliphatic carbocycles. The van der Waals surface area contributed by atoms with Crippen molar-refractivity contribution in [2.45, 2.75) is 123 Å². The molecule has 10 unspecified atom stereocenters. The molecule has 1 fully saturated rings. The maximum Gasteiger partial charge on any atom is 0.311 e. The third-order valence-corrected chi connectivity index (χ3v) is 13.5. The van der Waals surface area contributed by atoms with E-state index in [1.165, 1.54) is 42.0 Å². The first-order valence-electron chi connectivity index (χ1n) is 22.4. The van der Waals surface area contributed by atoms with Crippen LogP contribution >= 0.6 is 0 Å². The quantitative estimate of drug-likeness (QED) is 0.0699. The van der Waals surface area contributed by atoms with Gasteiger partial charge in [0, 0.05) is 18.2 Å². The standard InChI is InChI=1S/C51H64F2N2O7/c1-6-51(4,5)50(61)62-45-28-31(2)27-36-10-7-32(3)42(47(36)45)22-21-40(56)29-41(57)30-46(59)54-26-25-33-8-11-35(12-9-33)48-43(23-24-44(58)34-13-15-37(52)16-14-34)49(60)55(48)39-19-17-38(53)18-20-39/h7-20,27,31-32,40-45,47-48,56-58H,6,21-26,28-30H2,1-5H3,(H,54,59). The van der Waals surface area contributed by atoms with Gasteiger partial charge in [-0.2, -0.15) is 0 Å². The fraction of sp³-hybridized carbons (Fsp3) is 0.510. The van der Waals surface area contributed by atoms with Gasteiger partial charge in [-0.05, 0) is 142 Å². The van der Waals surface area contributed by atoms with Gasteiger partial charge in [-0.1, -0.05) is 75.4 Å². The number of esters is 1. The molecule has 3 aromatic carbocycles. The lowest BCUT2D eigenvalue weighted by atomic mass is 9.65. The predicted molar refractivity (Wildman–Crippen MR) is 235 cm³/mol. The summed E-state index contributed by atoms with van der Waals surface area (Å²) in [5.41, 5.74) is 3.60. The number of aliphatic hydroxyl groups is 3. The molecule has 3 aliphatic rings. The Morgan fingerprint density at radius 3 is 2.23 bits per heavy atom. The molecule has 9 nitrogen and oxygen atoms in total. The number of aliphatic hydroxyl groups excluding tert-OH is 3. The van der Waals surface area contributed by atoms with Gasteiger partial charge in [-0.25, -0.2) is 8.78 Å². The van der Waals surface area contributed by atoms with Gasteiger partial charge < -0.3 is 30.3 Å². The second kappa shape index (κ2) is 20.6. The number of benzene rings is 3. The number of hydrogen-bond acceptors (Lipinski definition) is 7. The zero-order valence-corrected chi connectivity index (χ0v) is 36.7. The Hall–Kier alpha value is -4.71. The lowest BCUT2D eigenvalue weighted by molar-refractivity contribution is -0.164. The molecular formula is C51H64F2N2O7. The van der Waals surface area contributed by atoms with Crippen molar-refractivity contribution in [1.82, 2.24) is 5.32 Å². The third-order valence-electron chi connectivity index (χ3n) is 13.5. The van der Waals surface area contributed by atoms with E-state index in [1.54, 1.807) is 17.0 Å². The highest BCUT2D eigenvalue weighted by atomic mass is 19.1. The number of ether oxygens (including phenoxy) is 1. The van der Waals surface area contributed by atoms with Gasteiger partial charge in [0.1, 0.15) is 17.7 Å². The van der Waals surface area contributed by atoms with Crippen LogP contribution in [0, 0.1) is 46.6 Å². The minimum absolute atomic E-state index is 0.0393. The van der Waals surface area contributed by atoms with Crippen molar-refractivity contribution in [2.24, 2.45) is 35.0 Å². The molecule has 11 heteroatoms. The Morgan fingerprint density at radius 1 is 0.903 bits per heavy atom. The Labute approximate surface area is 365 Å². The smallest absolute Gasteiger partial charge is 0.311 e. The molecule has 3 aromatic rings. The van der Waals surface area contributed by atoms with Gasteiger partial charge in [-0.15, -0.1) is 0 Å². The van der Waals surface area contributed by atoms with Crippen molar-refractivity contribution in [3.05, 3.63) is 125 Å². The van der Waals surface area contributed by atoms with E-state index in [1.807, 2.05) is 45.0 Å². The molecule has 334 valence electrons. The number of rotatable bonds is 19. The van der Waals surface area contributed by atoms with Crippen LogP contribution in [0.4, 0.5) is 14.5 Å². The number of hydrogen-bond donors (Lipinski definition) is 4. The maximum absolute atomic E-state index is 13.8. The van der Waals surface area contributed by atoms with E-state index in [0.29, 0.717) is 56.3 Å². The Kier molecular flexibility index (Phi) is 15.6. The Balaban J connectivity index is 0.976. The van der Waals surface area contributed by atoms with Gasteiger partial charge in [0.2, 0.25) is 11.8 Å². The van der Waals surface area contributed by atoms with E-state index in [2.05, 4.69) is 37.4 Å². The van der Waals surface area contributed by atoms with Crippen LogP contribution in [-0.4, -0.2) is 58.0 Å². The predicted octanol–water partition coefficient (Wildman–Crippen LogP) is 8.88. The van der Waals surface area contributed by atoms with Crippen molar-refractivity contribution in [3.63, 3.8) is 0 Å². The highest BCUT2D eigenvalue weighted by Crippen LogP contribution is 2.47. The van der Waals surface area contributed by atoms with E-state index in [9.17, 15) is 38.5 Å². The molecule has 10 atom stereocenters. The van der Waals surface area contributed by atoms with E-state index in [-0.39, 0.29) is 66.4 Å². The summed E-state index contributed by atoms with van der Waals surface area (Å²) in [6.45, 7) is 10.5. The average Bonchev–Trinajstić information content (AvgIpc) is 3.23. The van der Waals surface area contributed by atoms with Crippen LogP contribution in [0.3, 0.4) is 0 Å². The molecule has 0 spiro atoms. The molecule has 0 aromatic heterocycles. The first-order valence-corrected chi connectivity index (χ1v) is 22.4. The summed E-state index contributed by atoms with van der Waals surface area (Å²) >= 11 is 0. The molecule has 1 saturated heterocycles.